The number of carbonyl (C=O) groups excluding carboxylic acids is 2. The van der Waals surface area contributed by atoms with Gasteiger partial charge in [-0.2, -0.15) is 0 Å². The highest BCUT2D eigenvalue weighted by molar-refractivity contribution is 8.76. The summed E-state index contributed by atoms with van der Waals surface area (Å²) in [4.78, 5) is 37.6. The van der Waals surface area contributed by atoms with Crippen molar-refractivity contribution >= 4 is 44.8 Å². The molecule has 2 aliphatic rings. The average molecular weight is 595 g/mol. The first kappa shape index (κ1) is 28.2. The number of hydrogen-bond acceptors (Lipinski definition) is 6. The van der Waals surface area contributed by atoms with Crippen molar-refractivity contribution in [1.29, 1.82) is 0 Å². The van der Waals surface area contributed by atoms with Gasteiger partial charge in [0.15, 0.2) is 0 Å². The Kier molecular flexibility index (Phi) is 9.01. The molecule has 0 aliphatic carbocycles. The van der Waals surface area contributed by atoms with Crippen LogP contribution in [0.1, 0.15) is 20.7 Å². The van der Waals surface area contributed by atoms with Gasteiger partial charge in [-0.1, -0.05) is 82.3 Å². The van der Waals surface area contributed by atoms with E-state index in [4.69, 9.17) is 0 Å². The van der Waals surface area contributed by atoms with Gasteiger partial charge in [0, 0.05) is 73.5 Å². The predicted molar refractivity (Wildman–Crippen MR) is 174 cm³/mol. The van der Waals surface area contributed by atoms with Crippen LogP contribution in [0.15, 0.2) is 119 Å². The largest absolute Gasteiger partial charge is 0.368 e. The van der Waals surface area contributed by atoms with Crippen LogP contribution >= 0.6 is 21.6 Å². The summed E-state index contributed by atoms with van der Waals surface area (Å²) in [7, 11) is 3.09. The molecule has 0 radical (unpaired) electrons. The van der Waals surface area contributed by atoms with Gasteiger partial charge in [-0.15, -0.1) is 0 Å². The highest BCUT2D eigenvalue weighted by Crippen LogP contribution is 2.41. The van der Waals surface area contributed by atoms with Crippen LogP contribution in [-0.4, -0.2) is 74.0 Å². The lowest BCUT2D eigenvalue weighted by Crippen LogP contribution is -2.48. The van der Waals surface area contributed by atoms with Gasteiger partial charge in [-0.05, 0) is 48.5 Å². The normalized spacial score (nSPS) is 15.5. The predicted octanol–water partition coefficient (Wildman–Crippen LogP) is 6.41. The highest BCUT2D eigenvalue weighted by atomic mass is 33.1. The zero-order valence-corrected chi connectivity index (χ0v) is 25.1. The third-order valence-electron chi connectivity index (χ3n) is 7.83. The SMILES string of the molecule is O=C(c1ccccc1SSc1ccccc1C(=O)N1CCN(c2ccccc2)CC1)N1CCN(c2ccccc2)CC1. The number of piperazine rings is 2. The number of benzene rings is 4. The van der Waals surface area contributed by atoms with Gasteiger partial charge >= 0.3 is 0 Å². The molecule has 0 bridgehead atoms. The van der Waals surface area contributed by atoms with Gasteiger partial charge in [-0.3, -0.25) is 9.59 Å². The second-order valence-electron chi connectivity index (χ2n) is 10.4. The second-order valence-corrected chi connectivity index (χ2v) is 12.6. The molecule has 2 heterocycles. The summed E-state index contributed by atoms with van der Waals surface area (Å²) in [6.45, 7) is 6.01. The Balaban J connectivity index is 1.09. The molecule has 0 atom stereocenters. The maximum absolute atomic E-state index is 13.6. The van der Waals surface area contributed by atoms with Crippen molar-refractivity contribution in [2.75, 3.05) is 62.2 Å². The lowest BCUT2D eigenvalue weighted by atomic mass is 10.1. The first-order chi connectivity index (χ1) is 20.7. The van der Waals surface area contributed by atoms with E-state index >= 15 is 0 Å². The number of rotatable bonds is 7. The Labute approximate surface area is 255 Å². The van der Waals surface area contributed by atoms with Crippen molar-refractivity contribution in [2.45, 2.75) is 9.79 Å². The van der Waals surface area contributed by atoms with Crippen LogP contribution < -0.4 is 9.80 Å². The first-order valence-corrected chi connectivity index (χ1v) is 16.5. The Morgan fingerprint density at radius 3 is 1.14 bits per heavy atom. The van der Waals surface area contributed by atoms with Crippen molar-refractivity contribution in [1.82, 2.24) is 9.80 Å². The minimum absolute atomic E-state index is 0.0621. The molecule has 6 rings (SSSR count). The van der Waals surface area contributed by atoms with Crippen molar-refractivity contribution < 1.29 is 9.59 Å². The van der Waals surface area contributed by atoms with E-state index in [1.165, 1.54) is 11.4 Å². The number of para-hydroxylation sites is 2. The van der Waals surface area contributed by atoms with E-state index < -0.39 is 0 Å². The van der Waals surface area contributed by atoms with Gasteiger partial charge in [0.05, 0.1) is 11.1 Å². The van der Waals surface area contributed by atoms with Gasteiger partial charge in [-0.25, -0.2) is 0 Å². The van der Waals surface area contributed by atoms with E-state index in [1.54, 1.807) is 21.6 Å². The standard InChI is InChI=1S/C34H34N4O2S2/c39-33(37-23-19-35(20-24-37)27-11-3-1-4-12-27)29-15-7-9-17-31(29)41-42-32-18-10-8-16-30(32)34(40)38-25-21-36(22-26-38)28-13-5-2-6-14-28/h1-18H,19-26H2. The summed E-state index contributed by atoms with van der Waals surface area (Å²) in [5.41, 5.74) is 3.82. The van der Waals surface area contributed by atoms with Crippen LogP contribution in [-0.2, 0) is 0 Å². The zero-order valence-electron chi connectivity index (χ0n) is 23.5. The Morgan fingerprint density at radius 1 is 0.429 bits per heavy atom. The fraction of sp³-hybridized carbons (Fsp3) is 0.235. The summed E-state index contributed by atoms with van der Waals surface area (Å²) in [6, 6.07) is 36.3. The smallest absolute Gasteiger partial charge is 0.255 e. The molecule has 0 aromatic heterocycles. The zero-order chi connectivity index (χ0) is 28.7. The first-order valence-electron chi connectivity index (χ1n) is 14.4. The maximum atomic E-state index is 13.6. The number of anilines is 2. The maximum Gasteiger partial charge on any atom is 0.255 e. The average Bonchev–Trinajstić information content (AvgIpc) is 3.08. The van der Waals surface area contributed by atoms with Gasteiger partial charge < -0.3 is 19.6 Å². The van der Waals surface area contributed by atoms with Crippen LogP contribution in [0.3, 0.4) is 0 Å². The lowest BCUT2D eigenvalue weighted by Gasteiger charge is -2.36. The number of hydrogen-bond donors (Lipinski definition) is 0. The molecule has 0 unspecified atom stereocenters. The highest BCUT2D eigenvalue weighted by Gasteiger charge is 2.26. The van der Waals surface area contributed by atoms with E-state index in [9.17, 15) is 9.59 Å². The van der Waals surface area contributed by atoms with Crippen molar-refractivity contribution in [3.8, 4) is 0 Å². The number of nitrogens with zero attached hydrogens (tertiary/aromatic N) is 4. The summed E-state index contributed by atoms with van der Waals surface area (Å²) >= 11 is 0. The molecule has 214 valence electrons. The lowest BCUT2D eigenvalue weighted by molar-refractivity contribution is 0.0736. The van der Waals surface area contributed by atoms with E-state index in [0.717, 1.165) is 36.0 Å². The molecule has 0 N–H and O–H groups in total. The third-order valence-corrected chi connectivity index (χ3v) is 10.3. The Bertz CT molecular complexity index is 1390. The summed E-state index contributed by atoms with van der Waals surface area (Å²) in [6.07, 6.45) is 0. The number of amides is 2. The quantitative estimate of drug-likeness (QED) is 0.231. The molecular formula is C34H34N4O2S2. The summed E-state index contributed by atoms with van der Waals surface area (Å²) in [5, 5.41) is 0. The minimum atomic E-state index is 0.0621. The van der Waals surface area contributed by atoms with Crippen LogP contribution in [0, 0.1) is 0 Å². The monoisotopic (exact) mass is 594 g/mol. The third kappa shape index (κ3) is 6.45. The van der Waals surface area contributed by atoms with Gasteiger partial charge in [0.25, 0.3) is 11.8 Å². The van der Waals surface area contributed by atoms with Gasteiger partial charge in [0.2, 0.25) is 0 Å². The summed E-state index contributed by atoms with van der Waals surface area (Å²) in [5.74, 6) is 0.124. The van der Waals surface area contributed by atoms with E-state index in [1.807, 2.05) is 70.5 Å². The molecule has 42 heavy (non-hydrogen) atoms. The topological polar surface area (TPSA) is 47.1 Å². The van der Waals surface area contributed by atoms with Crippen LogP contribution in [0.25, 0.3) is 0 Å². The molecule has 0 spiro atoms. The molecule has 0 saturated carbocycles. The molecule has 2 fully saturated rings. The second kappa shape index (κ2) is 13.4. The van der Waals surface area contributed by atoms with Crippen molar-refractivity contribution in [2.24, 2.45) is 0 Å². The Morgan fingerprint density at radius 2 is 0.762 bits per heavy atom. The van der Waals surface area contributed by atoms with E-state index in [2.05, 4.69) is 58.3 Å². The Hall–Kier alpha value is -3.88. The molecule has 2 saturated heterocycles. The van der Waals surface area contributed by atoms with Crippen molar-refractivity contribution in [3.05, 3.63) is 120 Å². The molecule has 6 nitrogen and oxygen atoms in total. The molecule has 8 heteroatoms. The van der Waals surface area contributed by atoms with Crippen molar-refractivity contribution in [3.63, 3.8) is 0 Å². The molecule has 4 aromatic rings. The van der Waals surface area contributed by atoms with E-state index in [-0.39, 0.29) is 11.8 Å². The van der Waals surface area contributed by atoms with Crippen LogP contribution in [0.2, 0.25) is 0 Å². The van der Waals surface area contributed by atoms with Crippen LogP contribution in [0.4, 0.5) is 11.4 Å². The molecule has 4 aromatic carbocycles. The molecule has 2 amide bonds. The fourth-order valence-corrected chi connectivity index (χ4v) is 7.82. The molecular weight excluding hydrogens is 561 g/mol. The van der Waals surface area contributed by atoms with Gasteiger partial charge in [0.1, 0.15) is 0 Å². The summed E-state index contributed by atoms with van der Waals surface area (Å²) < 4.78 is 0. The number of carbonyl (C=O) groups is 2. The molecule has 2 aliphatic heterocycles. The minimum Gasteiger partial charge on any atom is -0.368 e. The van der Waals surface area contributed by atoms with E-state index in [0.29, 0.717) is 37.3 Å². The van der Waals surface area contributed by atoms with Crippen LogP contribution in [0.5, 0.6) is 0 Å². The fourth-order valence-electron chi connectivity index (χ4n) is 5.48.